The van der Waals surface area contributed by atoms with Crippen LogP contribution in [0.5, 0.6) is 11.5 Å². The average molecular weight is 333 g/mol. The summed E-state index contributed by atoms with van der Waals surface area (Å²) in [7, 11) is 0. The van der Waals surface area contributed by atoms with Crippen molar-refractivity contribution in [1.82, 2.24) is 5.32 Å². The number of carboxylic acid groups (broad SMARTS) is 1. The molecule has 1 amide bonds. The number of rotatable bonds is 5. The molecule has 0 saturated carbocycles. The predicted molar refractivity (Wildman–Crippen MR) is 84.2 cm³/mol. The maximum atomic E-state index is 12.6. The molecule has 1 atom stereocenters. The normalized spacial score (nSPS) is 14.1. The number of aliphatic carboxylic acids is 1. The van der Waals surface area contributed by atoms with Crippen molar-refractivity contribution >= 4 is 23.2 Å². The van der Waals surface area contributed by atoms with Gasteiger partial charge in [-0.25, -0.2) is 0 Å². The highest BCUT2D eigenvalue weighted by Gasteiger charge is 2.24. The highest BCUT2D eigenvalue weighted by Crippen LogP contribution is 2.34. The number of carboxylic acids is 1. The van der Waals surface area contributed by atoms with E-state index >= 15 is 0 Å². The van der Waals surface area contributed by atoms with Crippen LogP contribution < -0.4 is 14.8 Å². The average Bonchev–Trinajstić information content (AvgIpc) is 3.07. The smallest absolute Gasteiger partial charge is 0.305 e. The Hall–Kier alpha value is -2.54. The summed E-state index contributed by atoms with van der Waals surface area (Å²) in [6, 6.07) is 8.12. The number of nitrogens with one attached hydrogen (secondary N) is 1. The number of hydrogen-bond acceptors (Lipinski definition) is 5. The fourth-order valence-corrected chi connectivity index (χ4v) is 3.15. The first-order chi connectivity index (χ1) is 11.1. The van der Waals surface area contributed by atoms with Crippen LogP contribution in [0.4, 0.5) is 0 Å². The van der Waals surface area contributed by atoms with E-state index in [2.05, 4.69) is 5.32 Å². The summed E-state index contributed by atoms with van der Waals surface area (Å²) in [5.74, 6) is -0.434. The minimum Gasteiger partial charge on any atom is -0.486 e. The van der Waals surface area contributed by atoms with Gasteiger partial charge < -0.3 is 19.9 Å². The van der Waals surface area contributed by atoms with Gasteiger partial charge in [-0.05, 0) is 23.6 Å². The van der Waals surface area contributed by atoms with Crippen LogP contribution in [0.1, 0.15) is 27.7 Å². The Morgan fingerprint density at radius 2 is 2.04 bits per heavy atom. The van der Waals surface area contributed by atoms with Crippen LogP contribution in [0, 0.1) is 0 Å². The van der Waals surface area contributed by atoms with E-state index in [0.717, 1.165) is 4.88 Å². The second kappa shape index (κ2) is 6.70. The van der Waals surface area contributed by atoms with Gasteiger partial charge in [-0.2, -0.15) is 0 Å². The molecule has 2 aromatic rings. The molecule has 1 aliphatic heterocycles. The SMILES string of the molecule is O=C(O)C[C@H](NC(=O)c1cccc2c1OCCO2)c1cccs1. The highest BCUT2D eigenvalue weighted by atomic mass is 32.1. The number of thiophene rings is 1. The van der Waals surface area contributed by atoms with E-state index in [9.17, 15) is 9.59 Å². The highest BCUT2D eigenvalue weighted by molar-refractivity contribution is 7.10. The monoisotopic (exact) mass is 333 g/mol. The summed E-state index contributed by atoms with van der Waals surface area (Å²) in [6.45, 7) is 0.815. The molecule has 2 N–H and O–H groups in total. The van der Waals surface area contributed by atoms with E-state index in [0.29, 0.717) is 30.3 Å². The molecule has 1 aliphatic rings. The van der Waals surface area contributed by atoms with Crippen LogP contribution in [-0.2, 0) is 4.79 Å². The molecule has 23 heavy (non-hydrogen) atoms. The van der Waals surface area contributed by atoms with Gasteiger partial charge in [0.25, 0.3) is 5.91 Å². The first kappa shape index (κ1) is 15.4. The van der Waals surface area contributed by atoms with E-state index in [1.807, 2.05) is 11.4 Å². The van der Waals surface area contributed by atoms with Gasteiger partial charge in [0.1, 0.15) is 13.2 Å². The third-order valence-corrected chi connectivity index (χ3v) is 4.37. The number of para-hydroxylation sites is 1. The number of amides is 1. The van der Waals surface area contributed by atoms with Gasteiger partial charge in [-0.15, -0.1) is 11.3 Å². The molecule has 120 valence electrons. The van der Waals surface area contributed by atoms with Crippen LogP contribution in [-0.4, -0.2) is 30.2 Å². The Morgan fingerprint density at radius 1 is 1.22 bits per heavy atom. The zero-order chi connectivity index (χ0) is 16.2. The quantitative estimate of drug-likeness (QED) is 0.878. The van der Waals surface area contributed by atoms with E-state index in [4.69, 9.17) is 14.6 Å². The molecule has 0 unspecified atom stereocenters. The van der Waals surface area contributed by atoms with E-state index < -0.39 is 12.0 Å². The van der Waals surface area contributed by atoms with Crippen LogP contribution in [0.3, 0.4) is 0 Å². The number of carbonyl (C=O) groups is 2. The lowest BCUT2D eigenvalue weighted by molar-refractivity contribution is -0.137. The lowest BCUT2D eigenvalue weighted by Crippen LogP contribution is -2.30. The van der Waals surface area contributed by atoms with Gasteiger partial charge in [0, 0.05) is 4.88 Å². The standard InChI is InChI=1S/C16H15NO5S/c18-14(19)9-11(13-5-2-8-23-13)17-16(20)10-3-1-4-12-15(10)22-7-6-21-12/h1-5,8,11H,6-7,9H2,(H,17,20)(H,18,19)/t11-/m0/s1. The minimum atomic E-state index is -0.974. The van der Waals surface area contributed by atoms with Gasteiger partial charge >= 0.3 is 5.97 Å². The largest absolute Gasteiger partial charge is 0.486 e. The van der Waals surface area contributed by atoms with Crippen molar-refractivity contribution in [1.29, 1.82) is 0 Å². The molecule has 7 heteroatoms. The number of ether oxygens (including phenoxy) is 2. The van der Waals surface area contributed by atoms with Crippen LogP contribution in [0.2, 0.25) is 0 Å². The summed E-state index contributed by atoms with van der Waals surface area (Å²) in [6.07, 6.45) is -0.182. The molecular weight excluding hydrogens is 318 g/mol. The number of carbonyl (C=O) groups excluding carboxylic acids is 1. The van der Waals surface area contributed by atoms with E-state index in [-0.39, 0.29) is 12.3 Å². The Balaban J connectivity index is 1.83. The first-order valence-electron chi connectivity index (χ1n) is 7.10. The van der Waals surface area contributed by atoms with Gasteiger partial charge in [0.2, 0.25) is 0 Å². The fourth-order valence-electron chi connectivity index (χ4n) is 2.38. The molecule has 0 fully saturated rings. The molecule has 0 aliphatic carbocycles. The Kier molecular flexibility index (Phi) is 4.47. The molecular formula is C16H15NO5S. The second-order valence-electron chi connectivity index (χ2n) is 4.97. The fraction of sp³-hybridized carbons (Fsp3) is 0.250. The summed E-state index contributed by atoms with van der Waals surface area (Å²) < 4.78 is 11.0. The first-order valence-corrected chi connectivity index (χ1v) is 7.98. The van der Waals surface area contributed by atoms with E-state index in [1.54, 1.807) is 24.3 Å². The number of benzene rings is 1. The third kappa shape index (κ3) is 3.45. The van der Waals surface area contributed by atoms with Gasteiger partial charge in [-0.1, -0.05) is 12.1 Å². The molecule has 1 aromatic heterocycles. The van der Waals surface area contributed by atoms with Gasteiger partial charge in [0.05, 0.1) is 18.0 Å². The van der Waals surface area contributed by atoms with Crippen molar-refractivity contribution in [3.05, 3.63) is 46.2 Å². The third-order valence-electron chi connectivity index (χ3n) is 3.38. The van der Waals surface area contributed by atoms with Gasteiger partial charge in [0.15, 0.2) is 11.5 Å². The molecule has 0 bridgehead atoms. The molecule has 0 radical (unpaired) electrons. The van der Waals surface area contributed by atoms with Gasteiger partial charge in [-0.3, -0.25) is 9.59 Å². The number of fused-ring (bicyclic) bond motifs is 1. The maximum absolute atomic E-state index is 12.6. The second-order valence-corrected chi connectivity index (χ2v) is 5.95. The van der Waals surface area contributed by atoms with Crippen molar-refractivity contribution in [2.75, 3.05) is 13.2 Å². The van der Waals surface area contributed by atoms with Crippen LogP contribution >= 0.6 is 11.3 Å². The molecule has 3 rings (SSSR count). The number of hydrogen-bond donors (Lipinski definition) is 2. The van der Waals surface area contributed by atoms with Crippen molar-refractivity contribution < 1.29 is 24.2 Å². The molecule has 2 heterocycles. The van der Waals surface area contributed by atoms with Crippen molar-refractivity contribution in [2.45, 2.75) is 12.5 Å². The molecule has 0 spiro atoms. The Morgan fingerprint density at radius 3 is 2.78 bits per heavy atom. The lowest BCUT2D eigenvalue weighted by Gasteiger charge is -2.22. The topological polar surface area (TPSA) is 84.9 Å². The molecule has 0 saturated heterocycles. The van der Waals surface area contributed by atoms with Crippen molar-refractivity contribution in [2.24, 2.45) is 0 Å². The Bertz CT molecular complexity index is 713. The van der Waals surface area contributed by atoms with Crippen LogP contribution in [0.25, 0.3) is 0 Å². The maximum Gasteiger partial charge on any atom is 0.305 e. The zero-order valence-corrected chi connectivity index (χ0v) is 13.0. The zero-order valence-electron chi connectivity index (χ0n) is 12.2. The molecule has 1 aromatic carbocycles. The Labute approximate surface area is 136 Å². The summed E-state index contributed by atoms with van der Waals surface area (Å²) in [5.41, 5.74) is 0.342. The van der Waals surface area contributed by atoms with E-state index in [1.165, 1.54) is 11.3 Å². The predicted octanol–water partition coefficient (Wildman–Crippen LogP) is 2.47. The summed E-state index contributed by atoms with van der Waals surface area (Å²) in [5, 5.41) is 13.7. The summed E-state index contributed by atoms with van der Waals surface area (Å²) in [4.78, 5) is 24.4. The lowest BCUT2D eigenvalue weighted by atomic mass is 10.1. The minimum absolute atomic E-state index is 0.182. The van der Waals surface area contributed by atoms with Crippen molar-refractivity contribution in [3.63, 3.8) is 0 Å². The van der Waals surface area contributed by atoms with Crippen molar-refractivity contribution in [3.8, 4) is 11.5 Å². The molecule has 6 nitrogen and oxygen atoms in total. The van der Waals surface area contributed by atoms with Crippen LogP contribution in [0.15, 0.2) is 35.7 Å². The summed E-state index contributed by atoms with van der Waals surface area (Å²) >= 11 is 1.40.